The molecule has 3 heterocycles. The Kier molecular flexibility index (Phi) is 3.81. The van der Waals surface area contributed by atoms with Gasteiger partial charge in [0.1, 0.15) is 11.9 Å². The molecular formula is C22H17FN2O4. The minimum absolute atomic E-state index is 0.0910. The van der Waals surface area contributed by atoms with Crippen molar-refractivity contribution in [2.45, 2.75) is 12.1 Å². The van der Waals surface area contributed by atoms with Crippen molar-refractivity contribution in [3.63, 3.8) is 0 Å². The number of anilines is 1. The maximum absolute atomic E-state index is 14.4. The SMILES string of the molecule is COC(=O)[C@H]1[C@@H]2C(=O)N(c3ccccc3F)C(=O)[C@@H]2[C@H]2c3ccccc3C=CN21. The number of nitrogens with zero attached hydrogens (tertiary/aromatic N) is 2. The zero-order valence-corrected chi connectivity index (χ0v) is 15.5. The van der Waals surface area contributed by atoms with Crippen LogP contribution in [0.25, 0.3) is 6.08 Å². The summed E-state index contributed by atoms with van der Waals surface area (Å²) in [5, 5.41) is 0. The highest BCUT2D eigenvalue weighted by atomic mass is 19.1. The van der Waals surface area contributed by atoms with E-state index in [0.717, 1.165) is 16.0 Å². The molecule has 3 aliphatic heterocycles. The number of amides is 2. The number of imide groups is 1. The fourth-order valence-corrected chi connectivity index (χ4v) is 4.82. The molecule has 0 bridgehead atoms. The van der Waals surface area contributed by atoms with Gasteiger partial charge < -0.3 is 9.64 Å². The quantitative estimate of drug-likeness (QED) is 0.580. The first-order valence-corrected chi connectivity index (χ1v) is 9.29. The molecule has 2 aromatic rings. The summed E-state index contributed by atoms with van der Waals surface area (Å²) in [5.41, 5.74) is 1.68. The smallest absolute Gasteiger partial charge is 0.329 e. The first-order valence-electron chi connectivity index (χ1n) is 9.29. The largest absolute Gasteiger partial charge is 0.467 e. The van der Waals surface area contributed by atoms with Crippen LogP contribution in [0.4, 0.5) is 10.1 Å². The van der Waals surface area contributed by atoms with Gasteiger partial charge in [0, 0.05) is 6.20 Å². The standard InChI is InChI=1S/C22H17FN2O4/c1-29-22(28)19-17-16(18-13-7-3-2-6-12(13)10-11-24(18)19)20(26)25(21(17)27)15-9-5-4-8-14(15)23/h2-11,16-19H,1H3/t16-,17+,18+,19+/m0/s1. The molecule has 0 unspecified atom stereocenters. The number of rotatable bonds is 2. The van der Waals surface area contributed by atoms with Crippen LogP contribution in [-0.2, 0) is 19.1 Å². The van der Waals surface area contributed by atoms with E-state index < -0.39 is 47.5 Å². The van der Waals surface area contributed by atoms with E-state index in [1.807, 2.05) is 30.3 Å². The van der Waals surface area contributed by atoms with Crippen LogP contribution >= 0.6 is 0 Å². The molecule has 3 aliphatic rings. The Hall–Kier alpha value is -3.48. The van der Waals surface area contributed by atoms with Gasteiger partial charge in [-0.2, -0.15) is 0 Å². The Labute approximate surface area is 166 Å². The molecule has 0 N–H and O–H groups in total. The zero-order valence-electron chi connectivity index (χ0n) is 15.5. The Morgan fingerprint density at radius 2 is 1.69 bits per heavy atom. The van der Waals surface area contributed by atoms with E-state index in [2.05, 4.69) is 0 Å². The normalized spacial score (nSPS) is 27.0. The molecule has 5 rings (SSSR count). The van der Waals surface area contributed by atoms with Crippen molar-refractivity contribution >= 4 is 29.5 Å². The second kappa shape index (κ2) is 6.27. The molecule has 0 radical (unpaired) electrons. The van der Waals surface area contributed by atoms with Gasteiger partial charge >= 0.3 is 5.97 Å². The van der Waals surface area contributed by atoms with Gasteiger partial charge in [-0.25, -0.2) is 14.1 Å². The van der Waals surface area contributed by atoms with Gasteiger partial charge in [0.2, 0.25) is 11.8 Å². The molecule has 2 saturated heterocycles. The van der Waals surface area contributed by atoms with Gasteiger partial charge in [0.25, 0.3) is 0 Å². The molecule has 0 saturated carbocycles. The second-order valence-electron chi connectivity index (χ2n) is 7.32. The van der Waals surface area contributed by atoms with Crippen LogP contribution in [0.5, 0.6) is 0 Å². The zero-order chi connectivity index (χ0) is 20.3. The maximum Gasteiger partial charge on any atom is 0.329 e. The van der Waals surface area contributed by atoms with Gasteiger partial charge in [-0.1, -0.05) is 36.4 Å². The first-order chi connectivity index (χ1) is 14.0. The van der Waals surface area contributed by atoms with Crippen LogP contribution in [0.3, 0.4) is 0 Å². The lowest BCUT2D eigenvalue weighted by molar-refractivity contribution is -0.148. The maximum atomic E-state index is 14.4. The van der Waals surface area contributed by atoms with Crippen LogP contribution in [0.15, 0.2) is 54.7 Å². The van der Waals surface area contributed by atoms with Gasteiger partial charge in [-0.05, 0) is 29.3 Å². The molecule has 7 heteroatoms. The molecule has 29 heavy (non-hydrogen) atoms. The molecule has 146 valence electrons. The van der Waals surface area contributed by atoms with E-state index in [4.69, 9.17) is 4.74 Å². The Balaban J connectivity index is 1.67. The minimum Gasteiger partial charge on any atom is -0.467 e. The number of esters is 1. The third-order valence-corrected chi connectivity index (χ3v) is 6.00. The number of hydrogen-bond donors (Lipinski definition) is 0. The molecular weight excluding hydrogens is 375 g/mol. The highest BCUT2D eigenvalue weighted by molar-refractivity contribution is 6.24. The second-order valence-corrected chi connectivity index (χ2v) is 7.32. The van der Waals surface area contributed by atoms with Crippen molar-refractivity contribution in [2.24, 2.45) is 11.8 Å². The van der Waals surface area contributed by atoms with Crippen molar-refractivity contribution in [1.29, 1.82) is 0 Å². The first kappa shape index (κ1) is 17.6. The number of halogens is 1. The van der Waals surface area contributed by atoms with Crippen LogP contribution in [0.1, 0.15) is 17.2 Å². The van der Waals surface area contributed by atoms with E-state index in [9.17, 15) is 18.8 Å². The molecule has 2 aromatic carbocycles. The highest BCUT2D eigenvalue weighted by Crippen LogP contribution is 2.53. The van der Waals surface area contributed by atoms with E-state index in [1.54, 1.807) is 17.2 Å². The summed E-state index contributed by atoms with van der Waals surface area (Å²) in [6.07, 6.45) is 3.59. The molecule has 6 nitrogen and oxygen atoms in total. The van der Waals surface area contributed by atoms with Gasteiger partial charge in [-0.15, -0.1) is 0 Å². The van der Waals surface area contributed by atoms with E-state index in [1.165, 1.54) is 25.3 Å². The molecule has 0 aromatic heterocycles. The number of methoxy groups -OCH3 is 1. The third-order valence-electron chi connectivity index (χ3n) is 6.00. The van der Waals surface area contributed by atoms with Crippen molar-refractivity contribution in [1.82, 2.24) is 4.90 Å². The fourth-order valence-electron chi connectivity index (χ4n) is 4.82. The van der Waals surface area contributed by atoms with E-state index in [-0.39, 0.29) is 5.69 Å². The third kappa shape index (κ3) is 2.30. The molecule has 0 aliphatic carbocycles. The average Bonchev–Trinajstić information content (AvgIpc) is 3.21. The lowest BCUT2D eigenvalue weighted by Gasteiger charge is -2.34. The fraction of sp³-hybridized carbons (Fsp3) is 0.227. The number of fused-ring (bicyclic) bond motifs is 5. The minimum atomic E-state index is -0.951. The summed E-state index contributed by atoms with van der Waals surface area (Å²) in [5.74, 6) is -4.10. The summed E-state index contributed by atoms with van der Waals surface area (Å²) in [4.78, 5) is 42.0. The van der Waals surface area contributed by atoms with E-state index in [0.29, 0.717) is 0 Å². The summed E-state index contributed by atoms with van der Waals surface area (Å²) in [7, 11) is 1.25. The number of carbonyl (C=O) groups is 3. The predicted molar refractivity (Wildman–Crippen MR) is 102 cm³/mol. The molecule has 2 fully saturated rings. The summed E-state index contributed by atoms with van der Waals surface area (Å²) in [6, 6.07) is 11.7. The highest BCUT2D eigenvalue weighted by Gasteiger charge is 2.65. The molecule has 2 amide bonds. The van der Waals surface area contributed by atoms with Crippen molar-refractivity contribution < 1.29 is 23.5 Å². The topological polar surface area (TPSA) is 66.9 Å². The number of benzene rings is 2. The number of hydrogen-bond acceptors (Lipinski definition) is 5. The van der Waals surface area contributed by atoms with Gasteiger partial charge in [-0.3, -0.25) is 9.59 Å². The number of para-hydroxylation sites is 1. The van der Waals surface area contributed by atoms with Crippen LogP contribution in [0.2, 0.25) is 0 Å². The Morgan fingerprint density at radius 3 is 2.45 bits per heavy atom. The summed E-state index contributed by atoms with van der Waals surface area (Å²) in [6.45, 7) is 0. The van der Waals surface area contributed by atoms with Crippen molar-refractivity contribution in [3.05, 3.63) is 71.7 Å². The number of carbonyl (C=O) groups excluding carboxylic acids is 3. The average molecular weight is 392 g/mol. The van der Waals surface area contributed by atoms with Crippen molar-refractivity contribution in [3.8, 4) is 0 Å². The van der Waals surface area contributed by atoms with Crippen LogP contribution < -0.4 is 4.90 Å². The number of ether oxygens (including phenoxy) is 1. The lowest BCUT2D eigenvalue weighted by atomic mass is 9.84. The summed E-state index contributed by atoms with van der Waals surface area (Å²) < 4.78 is 19.4. The van der Waals surface area contributed by atoms with Crippen molar-refractivity contribution in [2.75, 3.05) is 12.0 Å². The molecule has 4 atom stereocenters. The summed E-state index contributed by atoms with van der Waals surface area (Å²) >= 11 is 0. The molecule has 0 spiro atoms. The Morgan fingerprint density at radius 1 is 1.00 bits per heavy atom. The van der Waals surface area contributed by atoms with Crippen LogP contribution in [0, 0.1) is 17.7 Å². The lowest BCUT2D eigenvalue weighted by Crippen LogP contribution is -2.44. The Bertz CT molecular complexity index is 1080. The van der Waals surface area contributed by atoms with Crippen LogP contribution in [-0.4, -0.2) is 35.8 Å². The van der Waals surface area contributed by atoms with Gasteiger partial charge in [0.05, 0.1) is 30.7 Å². The predicted octanol–water partition coefficient (Wildman–Crippen LogP) is 2.51. The van der Waals surface area contributed by atoms with Gasteiger partial charge in [0.15, 0.2) is 0 Å². The van der Waals surface area contributed by atoms with E-state index >= 15 is 0 Å². The monoisotopic (exact) mass is 392 g/mol.